The highest BCUT2D eigenvalue weighted by Crippen LogP contribution is 2.32. The summed E-state index contributed by atoms with van der Waals surface area (Å²) >= 11 is 0.579. The monoisotopic (exact) mass is 194 g/mol. The van der Waals surface area contributed by atoms with Crippen molar-refractivity contribution in [3.8, 4) is 0 Å². The van der Waals surface area contributed by atoms with Crippen LogP contribution in [-0.2, 0) is 6.18 Å². The highest BCUT2D eigenvalue weighted by Gasteiger charge is 2.37. The van der Waals surface area contributed by atoms with Gasteiger partial charge in [0.15, 0.2) is 17.0 Å². The van der Waals surface area contributed by atoms with Crippen molar-refractivity contribution >= 4 is 17.1 Å². The van der Waals surface area contributed by atoms with Crippen molar-refractivity contribution in [3.05, 3.63) is 16.1 Å². The molecule has 0 aliphatic carbocycles. The third kappa shape index (κ3) is 1.63. The summed E-state index contributed by atoms with van der Waals surface area (Å²) in [6.45, 7) is 1.07. The molecule has 0 bridgehead atoms. The number of hydrogen-bond donors (Lipinski definition) is 0. The number of nitrogens with zero attached hydrogens (tertiary/aromatic N) is 1. The number of rotatable bonds is 1. The van der Waals surface area contributed by atoms with E-state index in [1.54, 1.807) is 0 Å². The lowest BCUT2D eigenvalue weighted by Crippen LogP contribution is -2.10. The zero-order chi connectivity index (χ0) is 9.35. The van der Waals surface area contributed by atoms with Gasteiger partial charge in [0, 0.05) is 6.92 Å². The Hall–Kier alpha value is -0.910. The lowest BCUT2D eigenvalue weighted by atomic mass is 10.3. The fourth-order valence-corrected chi connectivity index (χ4v) is 1.27. The van der Waals surface area contributed by atoms with E-state index in [0.29, 0.717) is 11.3 Å². The maximum absolute atomic E-state index is 12.0. The van der Waals surface area contributed by atoms with Crippen LogP contribution in [0.4, 0.5) is 13.2 Å². The molecule has 0 fully saturated rings. The van der Waals surface area contributed by atoms with E-state index in [0.717, 1.165) is 6.92 Å². The molecule has 0 atom stereocenters. The van der Waals surface area contributed by atoms with Crippen LogP contribution < -0.4 is 0 Å². The van der Waals surface area contributed by atoms with E-state index in [4.69, 9.17) is 0 Å². The molecule has 6 heteroatoms. The molecule has 12 heavy (non-hydrogen) atoms. The van der Waals surface area contributed by atoms with Crippen molar-refractivity contribution in [2.45, 2.75) is 13.1 Å². The average molecular weight is 194 g/mol. The summed E-state index contributed by atoms with van der Waals surface area (Å²) in [5.74, 6) is -0.638. The highest BCUT2D eigenvalue weighted by molar-refractivity contribution is 7.11. The number of halogens is 3. The minimum atomic E-state index is -4.56. The third-order valence-electron chi connectivity index (χ3n) is 1.11. The quantitative estimate of drug-likeness (QED) is 0.641. The maximum atomic E-state index is 12.0. The first-order chi connectivity index (χ1) is 5.43. The van der Waals surface area contributed by atoms with Gasteiger partial charge in [-0.15, -0.1) is 11.3 Å². The molecule has 0 saturated heterocycles. The molecule has 0 N–H and O–H groups in total. The minimum Gasteiger partial charge on any atom is -0.294 e. The van der Waals surface area contributed by atoms with Gasteiger partial charge in [-0.25, -0.2) is 4.98 Å². The molecule has 0 saturated carbocycles. The molecule has 0 aromatic carbocycles. The summed E-state index contributed by atoms with van der Waals surface area (Å²) in [6.07, 6.45) is -4.56. The molecule has 2 nitrogen and oxygen atoms in total. The summed E-state index contributed by atoms with van der Waals surface area (Å²) < 4.78 is 36.0. The lowest BCUT2D eigenvalue weighted by Gasteiger charge is -2.02. The van der Waals surface area contributed by atoms with Crippen LogP contribution in [0.5, 0.6) is 0 Å². The topological polar surface area (TPSA) is 30.0 Å². The van der Waals surface area contributed by atoms with Crippen LogP contribution in [0.25, 0.3) is 0 Å². The molecule has 1 rings (SSSR count). The maximum Gasteiger partial charge on any atom is 0.434 e. The Labute approximate surface area is 70.0 Å². The summed E-state index contributed by atoms with van der Waals surface area (Å²) in [5.41, 5.74) is 0.898. The summed E-state index contributed by atoms with van der Waals surface area (Å²) in [5, 5.41) is 0. The summed E-state index contributed by atoms with van der Waals surface area (Å²) in [6, 6.07) is 0. The number of thiazole rings is 1. The predicted octanol–water partition coefficient (Wildman–Crippen LogP) is 2.16. The molecule has 0 unspecified atom stereocenters. The Morgan fingerprint density at radius 2 is 2.17 bits per heavy atom. The van der Waals surface area contributed by atoms with Crippen molar-refractivity contribution in [1.29, 1.82) is 0 Å². The van der Waals surface area contributed by atoms with E-state index in [9.17, 15) is 18.0 Å². The molecular weight excluding hydrogens is 191 g/mol. The Balaban J connectivity index is 3.17. The largest absolute Gasteiger partial charge is 0.434 e. The number of carbonyl (C=O) groups is 1. The first-order valence-corrected chi connectivity index (χ1v) is 3.69. The first kappa shape index (κ1) is 9.18. The SMILES string of the molecule is CC(=O)c1s[c]nc1C(F)(F)F. The summed E-state index contributed by atoms with van der Waals surface area (Å²) in [4.78, 5) is 13.2. The number of hydrogen-bond acceptors (Lipinski definition) is 3. The number of alkyl halides is 3. The van der Waals surface area contributed by atoms with E-state index < -0.39 is 17.7 Å². The number of aromatic nitrogens is 1. The smallest absolute Gasteiger partial charge is 0.294 e. The second kappa shape index (κ2) is 2.85. The lowest BCUT2D eigenvalue weighted by molar-refractivity contribution is -0.141. The van der Waals surface area contributed by atoms with Crippen molar-refractivity contribution in [2.75, 3.05) is 0 Å². The minimum absolute atomic E-state index is 0.387. The molecular formula is C6H3F3NOS. The highest BCUT2D eigenvalue weighted by atomic mass is 32.1. The molecule has 65 valence electrons. The Kier molecular flexibility index (Phi) is 2.18. The molecule has 1 radical (unpaired) electrons. The fraction of sp³-hybridized carbons (Fsp3) is 0.333. The Morgan fingerprint density at radius 1 is 1.58 bits per heavy atom. The molecule has 0 amide bonds. The van der Waals surface area contributed by atoms with Crippen LogP contribution in [0.15, 0.2) is 0 Å². The van der Waals surface area contributed by atoms with Crippen LogP contribution in [0, 0.1) is 5.51 Å². The molecule has 1 aromatic rings. The summed E-state index contributed by atoms with van der Waals surface area (Å²) in [7, 11) is 0. The van der Waals surface area contributed by atoms with E-state index in [2.05, 4.69) is 4.98 Å². The van der Waals surface area contributed by atoms with E-state index in [-0.39, 0.29) is 4.88 Å². The zero-order valence-electron chi connectivity index (χ0n) is 5.90. The second-order valence-corrected chi connectivity index (χ2v) is 2.83. The Bertz CT molecular complexity index is 304. The third-order valence-corrected chi connectivity index (χ3v) is 1.98. The van der Waals surface area contributed by atoms with E-state index in [1.807, 2.05) is 5.51 Å². The number of carbonyl (C=O) groups excluding carboxylic acids is 1. The van der Waals surface area contributed by atoms with Gasteiger partial charge < -0.3 is 0 Å². The van der Waals surface area contributed by atoms with Crippen molar-refractivity contribution in [3.63, 3.8) is 0 Å². The average Bonchev–Trinajstić information content (AvgIpc) is 2.30. The van der Waals surface area contributed by atoms with E-state index in [1.165, 1.54) is 0 Å². The van der Waals surface area contributed by atoms with Crippen LogP contribution in [0.3, 0.4) is 0 Å². The molecule has 0 aliphatic rings. The molecule has 1 aromatic heterocycles. The van der Waals surface area contributed by atoms with Crippen molar-refractivity contribution < 1.29 is 18.0 Å². The predicted molar refractivity (Wildman–Crippen MR) is 36.0 cm³/mol. The van der Waals surface area contributed by atoms with Crippen LogP contribution >= 0.6 is 11.3 Å². The molecule has 0 spiro atoms. The van der Waals surface area contributed by atoms with Crippen molar-refractivity contribution in [1.82, 2.24) is 4.98 Å². The van der Waals surface area contributed by atoms with Crippen LogP contribution in [0.1, 0.15) is 22.3 Å². The van der Waals surface area contributed by atoms with Gasteiger partial charge >= 0.3 is 6.18 Å². The van der Waals surface area contributed by atoms with Gasteiger partial charge in [-0.05, 0) is 0 Å². The van der Waals surface area contributed by atoms with Gasteiger partial charge in [-0.2, -0.15) is 13.2 Å². The number of Topliss-reactive ketones (excluding diaryl/α,β-unsaturated/α-hetero) is 1. The van der Waals surface area contributed by atoms with Crippen LogP contribution in [-0.4, -0.2) is 10.8 Å². The van der Waals surface area contributed by atoms with Gasteiger partial charge in [-0.1, -0.05) is 0 Å². The fourth-order valence-electron chi connectivity index (χ4n) is 0.644. The van der Waals surface area contributed by atoms with Gasteiger partial charge in [0.2, 0.25) is 0 Å². The van der Waals surface area contributed by atoms with Gasteiger partial charge in [-0.3, -0.25) is 4.79 Å². The first-order valence-electron chi connectivity index (χ1n) is 2.88. The normalized spacial score (nSPS) is 11.7. The van der Waals surface area contributed by atoms with Crippen molar-refractivity contribution in [2.24, 2.45) is 0 Å². The second-order valence-electron chi connectivity index (χ2n) is 2.04. The standard InChI is InChI=1S/C6H3F3NOS/c1-3(11)4-5(6(7,8)9)10-2-12-4/h1H3. The molecule has 0 aliphatic heterocycles. The van der Waals surface area contributed by atoms with E-state index >= 15 is 0 Å². The van der Waals surface area contributed by atoms with Gasteiger partial charge in [0.05, 0.1) is 0 Å². The Morgan fingerprint density at radius 3 is 2.50 bits per heavy atom. The molecule has 1 heterocycles. The van der Waals surface area contributed by atoms with Gasteiger partial charge in [0.25, 0.3) is 0 Å². The van der Waals surface area contributed by atoms with Gasteiger partial charge in [0.1, 0.15) is 4.88 Å². The van der Waals surface area contributed by atoms with Crippen LogP contribution in [0.2, 0.25) is 0 Å². The number of ketones is 1. The zero-order valence-corrected chi connectivity index (χ0v) is 6.71.